The molecule has 2 nitrogen and oxygen atoms in total. The molecule has 0 fully saturated rings. The summed E-state index contributed by atoms with van der Waals surface area (Å²) in [5, 5.41) is 2.07. The van der Waals surface area contributed by atoms with E-state index in [1.54, 1.807) is 16.2 Å². The molecule has 0 aliphatic heterocycles. The highest BCUT2D eigenvalue weighted by atomic mass is 79.9. The lowest BCUT2D eigenvalue weighted by Crippen LogP contribution is -2.40. The fraction of sp³-hybridized carbons (Fsp3) is 0.312. The summed E-state index contributed by atoms with van der Waals surface area (Å²) in [5.41, 5.74) is 1.69. The first kappa shape index (κ1) is 15.3. The number of amides is 1. The molecule has 0 aliphatic rings. The molecule has 0 spiro atoms. The van der Waals surface area contributed by atoms with Gasteiger partial charge >= 0.3 is 0 Å². The lowest BCUT2D eigenvalue weighted by atomic mass is 9.83. The first-order valence-electron chi connectivity index (χ1n) is 6.45. The Hall–Kier alpha value is -1.13. The number of benzene rings is 1. The molecule has 2 aromatic rings. The van der Waals surface area contributed by atoms with Gasteiger partial charge in [0.05, 0.1) is 9.20 Å². The number of carbonyl (C=O) groups excluding carboxylic acids is 1. The fourth-order valence-corrected chi connectivity index (χ4v) is 3.43. The molecule has 0 saturated heterocycles. The van der Waals surface area contributed by atoms with E-state index in [2.05, 4.69) is 27.4 Å². The molecular formula is C16H18BrNOS. The van der Waals surface area contributed by atoms with Gasteiger partial charge in [-0.15, -0.1) is 11.3 Å². The Bertz CT molecular complexity index is 592. The Morgan fingerprint density at radius 1 is 1.30 bits per heavy atom. The van der Waals surface area contributed by atoms with E-state index in [0.717, 1.165) is 14.9 Å². The van der Waals surface area contributed by atoms with Gasteiger partial charge in [-0.1, -0.05) is 30.3 Å². The van der Waals surface area contributed by atoms with E-state index in [9.17, 15) is 4.79 Å². The third-order valence-electron chi connectivity index (χ3n) is 3.42. The van der Waals surface area contributed by atoms with E-state index in [1.807, 2.05) is 51.2 Å². The summed E-state index contributed by atoms with van der Waals surface area (Å²) in [7, 11) is 1.86. The molecule has 0 saturated carbocycles. The molecule has 0 N–H and O–H groups in total. The number of hydrogen-bond donors (Lipinski definition) is 0. The van der Waals surface area contributed by atoms with Crippen molar-refractivity contribution in [2.75, 3.05) is 7.05 Å². The first-order valence-corrected chi connectivity index (χ1v) is 8.12. The minimum atomic E-state index is -0.511. The van der Waals surface area contributed by atoms with Crippen molar-refractivity contribution in [2.45, 2.75) is 25.8 Å². The van der Waals surface area contributed by atoms with E-state index in [-0.39, 0.29) is 5.91 Å². The average Bonchev–Trinajstić information content (AvgIpc) is 2.84. The number of nitrogens with zero attached hydrogens (tertiary/aromatic N) is 1. The van der Waals surface area contributed by atoms with Gasteiger partial charge < -0.3 is 4.90 Å². The summed E-state index contributed by atoms with van der Waals surface area (Å²) in [6.45, 7) is 4.59. The van der Waals surface area contributed by atoms with Crippen molar-refractivity contribution >= 4 is 33.2 Å². The molecule has 0 unspecified atom stereocenters. The first-order chi connectivity index (χ1) is 9.41. The predicted molar refractivity (Wildman–Crippen MR) is 88.0 cm³/mol. The van der Waals surface area contributed by atoms with E-state index >= 15 is 0 Å². The predicted octanol–water partition coefficient (Wildman–Crippen LogP) is 4.45. The lowest BCUT2D eigenvalue weighted by Gasteiger charge is -2.29. The topological polar surface area (TPSA) is 20.3 Å². The Morgan fingerprint density at radius 3 is 2.50 bits per heavy atom. The van der Waals surface area contributed by atoms with Gasteiger partial charge in [-0.3, -0.25) is 4.79 Å². The standard InChI is InChI=1S/C16H18BrNOS/c1-16(2,13-7-5-4-6-8-13)15(19)18(3)10-12-9-14(17)20-11-12/h4-9,11H,10H2,1-3H3. The SMILES string of the molecule is CN(Cc1csc(Br)c1)C(=O)C(C)(C)c1ccccc1. The van der Waals surface area contributed by atoms with Crippen LogP contribution in [0.25, 0.3) is 0 Å². The highest BCUT2D eigenvalue weighted by molar-refractivity contribution is 9.11. The zero-order chi connectivity index (χ0) is 14.8. The van der Waals surface area contributed by atoms with Crippen LogP contribution >= 0.6 is 27.3 Å². The van der Waals surface area contributed by atoms with Gasteiger partial charge in [0.25, 0.3) is 0 Å². The number of rotatable bonds is 4. The van der Waals surface area contributed by atoms with Crippen LogP contribution in [-0.4, -0.2) is 17.9 Å². The van der Waals surface area contributed by atoms with Crippen molar-refractivity contribution in [3.8, 4) is 0 Å². The number of halogens is 1. The second-order valence-corrected chi connectivity index (χ2v) is 7.70. The van der Waals surface area contributed by atoms with Crippen molar-refractivity contribution in [3.63, 3.8) is 0 Å². The summed E-state index contributed by atoms with van der Waals surface area (Å²) in [5.74, 6) is 0.131. The van der Waals surface area contributed by atoms with Crippen LogP contribution in [0.4, 0.5) is 0 Å². The Kier molecular flexibility index (Phi) is 4.66. The summed E-state index contributed by atoms with van der Waals surface area (Å²) < 4.78 is 1.09. The maximum Gasteiger partial charge on any atom is 0.232 e. The summed E-state index contributed by atoms with van der Waals surface area (Å²) in [6, 6.07) is 12.0. The minimum absolute atomic E-state index is 0.131. The number of thiophene rings is 1. The van der Waals surface area contributed by atoms with Crippen LogP contribution in [0.2, 0.25) is 0 Å². The van der Waals surface area contributed by atoms with Crippen molar-refractivity contribution in [1.29, 1.82) is 0 Å². The molecule has 106 valence electrons. The number of likely N-dealkylation sites (N-methyl/N-ethyl adjacent to an activating group) is 1. The number of carbonyl (C=O) groups is 1. The van der Waals surface area contributed by atoms with Crippen molar-refractivity contribution < 1.29 is 4.79 Å². The van der Waals surface area contributed by atoms with Crippen LogP contribution in [0.5, 0.6) is 0 Å². The molecule has 20 heavy (non-hydrogen) atoms. The number of hydrogen-bond acceptors (Lipinski definition) is 2. The third-order valence-corrected chi connectivity index (χ3v) is 4.97. The van der Waals surface area contributed by atoms with Gasteiger partial charge in [0, 0.05) is 13.6 Å². The molecule has 1 heterocycles. The van der Waals surface area contributed by atoms with Crippen LogP contribution < -0.4 is 0 Å². The summed E-state index contributed by atoms with van der Waals surface area (Å²) in [4.78, 5) is 14.5. The van der Waals surface area contributed by atoms with Gasteiger partial charge in [-0.2, -0.15) is 0 Å². The molecule has 1 aromatic carbocycles. The third kappa shape index (κ3) is 3.30. The monoisotopic (exact) mass is 351 g/mol. The highest BCUT2D eigenvalue weighted by Gasteiger charge is 2.32. The largest absolute Gasteiger partial charge is 0.341 e. The van der Waals surface area contributed by atoms with Crippen LogP contribution in [0.3, 0.4) is 0 Å². The van der Waals surface area contributed by atoms with Gasteiger partial charge in [0.2, 0.25) is 5.91 Å². The smallest absolute Gasteiger partial charge is 0.232 e. The van der Waals surface area contributed by atoms with Crippen LogP contribution in [0, 0.1) is 0 Å². The molecule has 0 aliphatic carbocycles. The average molecular weight is 352 g/mol. The van der Waals surface area contributed by atoms with Crippen molar-refractivity contribution in [3.05, 3.63) is 56.7 Å². The molecule has 1 amide bonds. The zero-order valence-electron chi connectivity index (χ0n) is 11.9. The Balaban J connectivity index is 2.13. The normalized spacial score (nSPS) is 11.4. The summed E-state index contributed by atoms with van der Waals surface area (Å²) in [6.07, 6.45) is 0. The Labute approximate surface area is 132 Å². The maximum absolute atomic E-state index is 12.7. The zero-order valence-corrected chi connectivity index (χ0v) is 14.3. The molecule has 0 atom stereocenters. The van der Waals surface area contributed by atoms with E-state index in [1.165, 1.54) is 0 Å². The molecular weight excluding hydrogens is 334 g/mol. The molecule has 2 rings (SSSR count). The maximum atomic E-state index is 12.7. The van der Waals surface area contributed by atoms with Crippen molar-refractivity contribution in [2.24, 2.45) is 0 Å². The van der Waals surface area contributed by atoms with Crippen LogP contribution in [-0.2, 0) is 16.8 Å². The van der Waals surface area contributed by atoms with Crippen LogP contribution in [0.15, 0.2) is 45.6 Å². The summed E-state index contributed by atoms with van der Waals surface area (Å²) >= 11 is 5.09. The quantitative estimate of drug-likeness (QED) is 0.796. The minimum Gasteiger partial charge on any atom is -0.341 e. The van der Waals surface area contributed by atoms with Gasteiger partial charge in [0.1, 0.15) is 0 Å². The van der Waals surface area contributed by atoms with Gasteiger partial charge in [-0.05, 0) is 52.4 Å². The van der Waals surface area contributed by atoms with E-state index in [0.29, 0.717) is 6.54 Å². The molecule has 0 radical (unpaired) electrons. The van der Waals surface area contributed by atoms with Gasteiger partial charge in [0.15, 0.2) is 0 Å². The fourth-order valence-electron chi connectivity index (χ4n) is 2.23. The Morgan fingerprint density at radius 2 is 1.95 bits per heavy atom. The van der Waals surface area contributed by atoms with Crippen molar-refractivity contribution in [1.82, 2.24) is 4.90 Å². The van der Waals surface area contributed by atoms with E-state index < -0.39 is 5.41 Å². The van der Waals surface area contributed by atoms with E-state index in [4.69, 9.17) is 0 Å². The second kappa shape index (κ2) is 6.10. The van der Waals surface area contributed by atoms with Gasteiger partial charge in [-0.25, -0.2) is 0 Å². The molecule has 1 aromatic heterocycles. The second-order valence-electron chi connectivity index (χ2n) is 5.41. The highest BCUT2D eigenvalue weighted by Crippen LogP contribution is 2.27. The molecule has 0 bridgehead atoms. The molecule has 4 heteroatoms. The van der Waals surface area contributed by atoms with Crippen LogP contribution in [0.1, 0.15) is 25.0 Å². The lowest BCUT2D eigenvalue weighted by molar-refractivity contribution is -0.135.